The summed E-state index contributed by atoms with van der Waals surface area (Å²) < 4.78 is 50.4. The first-order chi connectivity index (χ1) is 15.2. The minimum Gasteiger partial charge on any atom is -0.461 e. The summed E-state index contributed by atoms with van der Waals surface area (Å²) in [6.07, 6.45) is -3.20. The smallest absolute Gasteiger partial charge is 0.416 e. The molecule has 2 unspecified atom stereocenters. The van der Waals surface area contributed by atoms with Crippen LogP contribution >= 0.6 is 0 Å². The summed E-state index contributed by atoms with van der Waals surface area (Å²) in [6.45, 7) is 0.775. The first-order valence-electron chi connectivity index (χ1n) is 10.1. The van der Waals surface area contributed by atoms with Crippen LogP contribution in [0.15, 0.2) is 60.2 Å². The molecule has 1 aliphatic rings. The van der Waals surface area contributed by atoms with Crippen molar-refractivity contribution in [3.63, 3.8) is 0 Å². The molecule has 0 aromatic heterocycles. The second-order valence-corrected chi connectivity index (χ2v) is 7.64. The number of benzene rings is 2. The van der Waals surface area contributed by atoms with E-state index in [2.05, 4.69) is 0 Å². The molecule has 1 heterocycles. The predicted molar refractivity (Wildman–Crippen MR) is 110 cm³/mol. The largest absolute Gasteiger partial charge is 0.461 e. The van der Waals surface area contributed by atoms with E-state index in [1.807, 2.05) is 13.0 Å². The Bertz CT molecular complexity index is 1000. The Kier molecular flexibility index (Phi) is 7.03. The molecule has 2 atom stereocenters. The molecule has 8 heteroatoms. The third-order valence-electron chi connectivity index (χ3n) is 5.34. The molecule has 170 valence electrons. The van der Waals surface area contributed by atoms with Crippen LogP contribution < -0.4 is 0 Å². The molecule has 1 saturated heterocycles. The van der Waals surface area contributed by atoms with Crippen LogP contribution in [0.25, 0.3) is 6.08 Å². The molecule has 0 amide bonds. The zero-order valence-corrected chi connectivity index (χ0v) is 17.4. The van der Waals surface area contributed by atoms with Gasteiger partial charge in [-0.25, -0.2) is 4.79 Å². The van der Waals surface area contributed by atoms with Gasteiger partial charge in [-0.05, 0) is 29.7 Å². The van der Waals surface area contributed by atoms with Gasteiger partial charge in [0.1, 0.15) is 6.61 Å². The van der Waals surface area contributed by atoms with Gasteiger partial charge in [-0.3, -0.25) is 4.79 Å². The summed E-state index contributed by atoms with van der Waals surface area (Å²) in [5.74, 6) is -1.93. The maximum atomic E-state index is 13.3. The number of cyclic esters (lactones) is 1. The summed E-state index contributed by atoms with van der Waals surface area (Å²) in [5.41, 5.74) is -1.89. The molecule has 1 aliphatic heterocycles. The fraction of sp³-hybridized carbons (Fsp3) is 0.333. The highest BCUT2D eigenvalue weighted by atomic mass is 19.4. The van der Waals surface area contributed by atoms with Crippen molar-refractivity contribution >= 4 is 18.0 Å². The van der Waals surface area contributed by atoms with Gasteiger partial charge in [0.25, 0.3) is 0 Å². The first-order valence-corrected chi connectivity index (χ1v) is 10.1. The molecule has 0 saturated carbocycles. The lowest BCUT2D eigenvalue weighted by Crippen LogP contribution is -2.39. The fourth-order valence-electron chi connectivity index (χ4n) is 3.64. The molecule has 0 aliphatic carbocycles. The van der Waals surface area contributed by atoms with Crippen LogP contribution in [0.5, 0.6) is 0 Å². The molecule has 5 nitrogen and oxygen atoms in total. The number of alkyl halides is 3. The molecular weight excluding hydrogens is 425 g/mol. The van der Waals surface area contributed by atoms with Crippen molar-refractivity contribution in [1.82, 2.24) is 0 Å². The summed E-state index contributed by atoms with van der Waals surface area (Å²) in [5, 5.41) is 9.85. The van der Waals surface area contributed by atoms with Crippen molar-refractivity contribution < 1.29 is 37.3 Å². The van der Waals surface area contributed by atoms with E-state index < -0.39 is 48.4 Å². The van der Waals surface area contributed by atoms with Gasteiger partial charge < -0.3 is 14.6 Å². The quantitative estimate of drug-likeness (QED) is 0.499. The van der Waals surface area contributed by atoms with Crippen LogP contribution in [-0.4, -0.2) is 35.9 Å². The number of carbonyl (C=O) groups is 2. The number of hydrogen-bond acceptors (Lipinski definition) is 5. The van der Waals surface area contributed by atoms with Gasteiger partial charge in [-0.15, -0.1) is 0 Å². The Morgan fingerprint density at radius 2 is 1.84 bits per heavy atom. The SMILES string of the molecule is CCC(C(=O)OCC1(CO)C/C(=C\c2ccccc2C(F)(F)F)C(=O)O1)c1ccccc1. The third-order valence-corrected chi connectivity index (χ3v) is 5.34. The van der Waals surface area contributed by atoms with E-state index in [0.717, 1.165) is 17.7 Å². The average Bonchev–Trinajstić information content (AvgIpc) is 3.09. The Hall–Kier alpha value is -3.13. The van der Waals surface area contributed by atoms with Crippen molar-refractivity contribution in [3.8, 4) is 0 Å². The number of esters is 2. The van der Waals surface area contributed by atoms with Gasteiger partial charge in [-0.2, -0.15) is 13.2 Å². The van der Waals surface area contributed by atoms with Crippen LogP contribution in [0.3, 0.4) is 0 Å². The van der Waals surface area contributed by atoms with Crippen LogP contribution in [0.1, 0.15) is 42.4 Å². The third kappa shape index (κ3) is 5.19. The van der Waals surface area contributed by atoms with Gasteiger partial charge in [0, 0.05) is 12.0 Å². The van der Waals surface area contributed by atoms with E-state index in [1.165, 1.54) is 18.2 Å². The zero-order chi connectivity index (χ0) is 23.4. The van der Waals surface area contributed by atoms with Crippen LogP contribution in [0.4, 0.5) is 13.2 Å². The molecule has 3 rings (SSSR count). The summed E-state index contributed by atoms with van der Waals surface area (Å²) in [6, 6.07) is 13.9. The number of rotatable bonds is 7. The number of aliphatic hydroxyl groups excluding tert-OH is 1. The van der Waals surface area contributed by atoms with Gasteiger partial charge >= 0.3 is 18.1 Å². The van der Waals surface area contributed by atoms with Gasteiger partial charge in [0.15, 0.2) is 5.60 Å². The maximum Gasteiger partial charge on any atom is 0.416 e. The molecule has 2 aromatic rings. The Balaban J connectivity index is 1.77. The van der Waals surface area contributed by atoms with E-state index in [4.69, 9.17) is 9.47 Å². The molecule has 0 spiro atoms. The van der Waals surface area contributed by atoms with Crippen molar-refractivity contribution in [1.29, 1.82) is 0 Å². The lowest BCUT2D eigenvalue weighted by Gasteiger charge is -2.25. The van der Waals surface area contributed by atoms with E-state index in [-0.39, 0.29) is 17.6 Å². The number of aliphatic hydroxyl groups is 1. The highest BCUT2D eigenvalue weighted by molar-refractivity contribution is 5.96. The highest BCUT2D eigenvalue weighted by Gasteiger charge is 2.45. The van der Waals surface area contributed by atoms with Gasteiger partial charge in [0.2, 0.25) is 0 Å². The topological polar surface area (TPSA) is 72.8 Å². The molecule has 1 N–H and O–H groups in total. The van der Waals surface area contributed by atoms with Crippen molar-refractivity contribution in [3.05, 3.63) is 76.9 Å². The maximum absolute atomic E-state index is 13.3. The summed E-state index contributed by atoms with van der Waals surface area (Å²) in [4.78, 5) is 25.0. The van der Waals surface area contributed by atoms with Crippen molar-refractivity contribution in [2.24, 2.45) is 0 Å². The van der Waals surface area contributed by atoms with E-state index in [1.54, 1.807) is 24.3 Å². The number of hydrogen-bond donors (Lipinski definition) is 1. The molecule has 0 radical (unpaired) electrons. The molecule has 1 fully saturated rings. The minimum atomic E-state index is -4.59. The average molecular weight is 448 g/mol. The van der Waals surface area contributed by atoms with Crippen molar-refractivity contribution in [2.45, 2.75) is 37.5 Å². The molecule has 2 aromatic carbocycles. The molecule has 0 bridgehead atoms. The predicted octanol–water partition coefficient (Wildman–Crippen LogP) is 4.50. The van der Waals surface area contributed by atoms with Crippen LogP contribution in [0, 0.1) is 0 Å². The lowest BCUT2D eigenvalue weighted by molar-refractivity contribution is -0.167. The Morgan fingerprint density at radius 1 is 1.19 bits per heavy atom. The Labute approximate surface area is 183 Å². The summed E-state index contributed by atoms with van der Waals surface area (Å²) >= 11 is 0. The van der Waals surface area contributed by atoms with Crippen molar-refractivity contribution in [2.75, 3.05) is 13.2 Å². The standard InChI is InChI=1S/C24H23F3O5/c1-2-19(16-8-4-3-5-9-16)22(30)31-15-23(14-28)13-18(21(29)32-23)12-17-10-6-7-11-20(17)24(25,26)27/h3-12,19,28H,2,13-15H2,1H3/b18-12+. The monoisotopic (exact) mass is 448 g/mol. The second-order valence-electron chi connectivity index (χ2n) is 7.64. The summed E-state index contributed by atoms with van der Waals surface area (Å²) in [7, 11) is 0. The first kappa shape index (κ1) is 23.5. The van der Waals surface area contributed by atoms with Crippen LogP contribution in [0.2, 0.25) is 0 Å². The Morgan fingerprint density at radius 3 is 2.47 bits per heavy atom. The molecule has 32 heavy (non-hydrogen) atoms. The van der Waals surface area contributed by atoms with Gasteiger partial charge in [0.05, 0.1) is 18.1 Å². The number of carbonyl (C=O) groups excluding carboxylic acids is 2. The second kappa shape index (κ2) is 9.56. The zero-order valence-electron chi connectivity index (χ0n) is 17.4. The van der Waals surface area contributed by atoms with E-state index in [9.17, 15) is 27.9 Å². The van der Waals surface area contributed by atoms with E-state index >= 15 is 0 Å². The van der Waals surface area contributed by atoms with E-state index in [0.29, 0.717) is 6.42 Å². The van der Waals surface area contributed by atoms with Crippen LogP contribution in [-0.2, 0) is 25.2 Å². The fourth-order valence-corrected chi connectivity index (χ4v) is 3.64. The van der Waals surface area contributed by atoms with Gasteiger partial charge in [-0.1, -0.05) is 55.5 Å². The number of halogens is 3. The minimum absolute atomic E-state index is 0.0399. The highest BCUT2D eigenvalue weighted by Crippen LogP contribution is 2.36. The normalized spacial score (nSPS) is 20.8. The molecular formula is C24H23F3O5. The number of ether oxygens (including phenoxy) is 2. The lowest BCUT2D eigenvalue weighted by atomic mass is 9.95.